The Labute approximate surface area is 177 Å². The van der Waals surface area contributed by atoms with Crippen molar-refractivity contribution >= 4 is 11.6 Å². The first-order valence-electron chi connectivity index (χ1n) is 9.88. The van der Waals surface area contributed by atoms with Crippen molar-refractivity contribution in [3.05, 3.63) is 143 Å². The van der Waals surface area contributed by atoms with Crippen LogP contribution in [0.4, 0.5) is 0 Å². The van der Waals surface area contributed by atoms with Crippen LogP contribution in [0, 0.1) is 13.8 Å². The average Bonchev–Trinajstić information content (AvgIpc) is 2.82. The summed E-state index contributed by atoms with van der Waals surface area (Å²) in [7, 11) is 0. The quantitative estimate of drug-likeness (QED) is 0.374. The zero-order chi connectivity index (χ0) is 21.3. The van der Waals surface area contributed by atoms with Crippen molar-refractivity contribution in [2.45, 2.75) is 13.8 Å². The van der Waals surface area contributed by atoms with Crippen LogP contribution < -0.4 is 0 Å². The standard InChI is InChI=1S/C15H14O.C13H10O/c1-11-7-6-10-14(12(11)2)15(16)13-8-4-3-5-9-13;14-13(11-7-3-1-4-8-11)12-9-5-2-6-10-12/h3-10H,1-2H3;1-10H. The summed E-state index contributed by atoms with van der Waals surface area (Å²) in [5.41, 5.74) is 5.23. The van der Waals surface area contributed by atoms with Gasteiger partial charge in [0.1, 0.15) is 0 Å². The summed E-state index contributed by atoms with van der Waals surface area (Å²) in [6.07, 6.45) is 0. The molecule has 2 nitrogen and oxygen atoms in total. The van der Waals surface area contributed by atoms with Crippen molar-refractivity contribution in [3.8, 4) is 0 Å². The normalized spacial score (nSPS) is 9.93. The van der Waals surface area contributed by atoms with E-state index < -0.39 is 0 Å². The zero-order valence-electron chi connectivity index (χ0n) is 17.2. The number of carbonyl (C=O) groups is 2. The second-order valence-electron chi connectivity index (χ2n) is 7.00. The lowest BCUT2D eigenvalue weighted by molar-refractivity contribution is 0.103. The van der Waals surface area contributed by atoms with Gasteiger partial charge in [-0.2, -0.15) is 0 Å². The third-order valence-corrected chi connectivity index (χ3v) is 4.96. The molecule has 0 saturated carbocycles. The molecule has 0 bridgehead atoms. The predicted molar refractivity (Wildman–Crippen MR) is 122 cm³/mol. The minimum Gasteiger partial charge on any atom is -0.289 e. The van der Waals surface area contributed by atoms with Crippen molar-refractivity contribution in [2.75, 3.05) is 0 Å². The SMILES string of the molecule is Cc1cccc(C(=O)c2ccccc2)c1C.O=C(c1ccccc1)c1ccccc1. The van der Waals surface area contributed by atoms with Crippen molar-refractivity contribution in [1.29, 1.82) is 0 Å². The van der Waals surface area contributed by atoms with Crippen LogP contribution >= 0.6 is 0 Å². The number of carbonyl (C=O) groups excluding carboxylic acids is 2. The van der Waals surface area contributed by atoms with E-state index in [1.54, 1.807) is 0 Å². The molecule has 0 amide bonds. The summed E-state index contributed by atoms with van der Waals surface area (Å²) in [6, 6.07) is 33.8. The third-order valence-electron chi connectivity index (χ3n) is 4.96. The van der Waals surface area contributed by atoms with Crippen molar-refractivity contribution < 1.29 is 9.59 Å². The highest BCUT2D eigenvalue weighted by molar-refractivity contribution is 6.10. The number of hydrogen-bond acceptors (Lipinski definition) is 2. The minimum atomic E-state index is 0.0752. The molecule has 4 aromatic rings. The molecule has 0 atom stereocenters. The fraction of sp³-hybridized carbons (Fsp3) is 0.0714. The molecule has 148 valence electrons. The second kappa shape index (κ2) is 10.1. The van der Waals surface area contributed by atoms with Gasteiger partial charge in [-0.25, -0.2) is 0 Å². The van der Waals surface area contributed by atoms with Crippen molar-refractivity contribution in [3.63, 3.8) is 0 Å². The number of aryl methyl sites for hydroxylation is 1. The monoisotopic (exact) mass is 392 g/mol. The number of ketones is 2. The van der Waals surface area contributed by atoms with Crippen LogP contribution in [-0.4, -0.2) is 11.6 Å². The molecule has 0 aliphatic heterocycles. The van der Waals surface area contributed by atoms with E-state index in [0.717, 1.165) is 33.4 Å². The van der Waals surface area contributed by atoms with E-state index >= 15 is 0 Å². The Morgan fingerprint density at radius 3 is 1.30 bits per heavy atom. The predicted octanol–water partition coefficient (Wildman–Crippen LogP) is 6.45. The van der Waals surface area contributed by atoms with Gasteiger partial charge in [0.2, 0.25) is 0 Å². The lowest BCUT2D eigenvalue weighted by Crippen LogP contribution is -2.04. The maximum absolute atomic E-state index is 12.2. The summed E-state index contributed by atoms with van der Waals surface area (Å²) in [5, 5.41) is 0. The molecule has 2 heteroatoms. The van der Waals surface area contributed by atoms with Crippen LogP contribution in [0.15, 0.2) is 109 Å². The van der Waals surface area contributed by atoms with Gasteiger partial charge in [-0.15, -0.1) is 0 Å². The first-order valence-corrected chi connectivity index (χ1v) is 9.88. The Balaban J connectivity index is 0.000000172. The van der Waals surface area contributed by atoms with E-state index in [1.807, 2.05) is 123 Å². The Hall–Kier alpha value is -3.78. The molecule has 0 radical (unpaired) electrons. The number of benzene rings is 4. The first-order chi connectivity index (χ1) is 14.6. The lowest BCUT2D eigenvalue weighted by Gasteiger charge is -2.07. The molecule has 4 aromatic carbocycles. The summed E-state index contributed by atoms with van der Waals surface area (Å²) < 4.78 is 0. The maximum Gasteiger partial charge on any atom is 0.193 e. The van der Waals surface area contributed by atoms with E-state index in [-0.39, 0.29) is 11.6 Å². The fourth-order valence-corrected chi connectivity index (χ4v) is 3.09. The van der Waals surface area contributed by atoms with Crippen LogP contribution in [0.1, 0.15) is 43.0 Å². The lowest BCUT2D eigenvalue weighted by atomic mass is 9.96. The highest BCUT2D eigenvalue weighted by atomic mass is 16.1. The Kier molecular flexibility index (Phi) is 7.07. The van der Waals surface area contributed by atoms with E-state index in [2.05, 4.69) is 0 Å². The highest BCUT2D eigenvalue weighted by Gasteiger charge is 2.11. The maximum atomic E-state index is 12.2. The van der Waals surface area contributed by atoms with Crippen LogP contribution in [-0.2, 0) is 0 Å². The fourth-order valence-electron chi connectivity index (χ4n) is 3.09. The average molecular weight is 392 g/mol. The van der Waals surface area contributed by atoms with Gasteiger partial charge in [-0.1, -0.05) is 109 Å². The number of hydrogen-bond donors (Lipinski definition) is 0. The van der Waals surface area contributed by atoms with E-state index in [4.69, 9.17) is 0 Å². The molecule has 0 spiro atoms. The van der Waals surface area contributed by atoms with Crippen LogP contribution in [0.5, 0.6) is 0 Å². The van der Waals surface area contributed by atoms with Crippen molar-refractivity contribution in [1.82, 2.24) is 0 Å². The Morgan fingerprint density at radius 2 is 0.867 bits per heavy atom. The smallest absolute Gasteiger partial charge is 0.193 e. The Bertz CT molecular complexity index is 1070. The topological polar surface area (TPSA) is 34.1 Å². The third kappa shape index (κ3) is 5.18. The van der Waals surface area contributed by atoms with Crippen LogP contribution in [0.25, 0.3) is 0 Å². The minimum absolute atomic E-state index is 0.0752. The summed E-state index contributed by atoms with van der Waals surface area (Å²) in [5.74, 6) is 0.174. The van der Waals surface area contributed by atoms with Gasteiger partial charge in [0.25, 0.3) is 0 Å². The first kappa shape index (κ1) is 20.9. The van der Waals surface area contributed by atoms with Gasteiger partial charge in [-0.3, -0.25) is 9.59 Å². The summed E-state index contributed by atoms with van der Waals surface area (Å²) in [6.45, 7) is 4.02. The van der Waals surface area contributed by atoms with E-state index in [0.29, 0.717) is 0 Å². The molecule has 0 fully saturated rings. The molecule has 30 heavy (non-hydrogen) atoms. The molecule has 0 unspecified atom stereocenters. The Morgan fingerprint density at radius 1 is 0.467 bits per heavy atom. The van der Waals surface area contributed by atoms with E-state index in [9.17, 15) is 9.59 Å². The molecule has 0 aromatic heterocycles. The molecular weight excluding hydrogens is 368 g/mol. The molecule has 0 N–H and O–H groups in total. The second-order valence-corrected chi connectivity index (χ2v) is 7.00. The molecule has 0 saturated heterocycles. The summed E-state index contributed by atoms with van der Waals surface area (Å²) >= 11 is 0. The largest absolute Gasteiger partial charge is 0.289 e. The van der Waals surface area contributed by atoms with Gasteiger partial charge in [0.15, 0.2) is 11.6 Å². The van der Waals surface area contributed by atoms with Crippen LogP contribution in [0.2, 0.25) is 0 Å². The van der Waals surface area contributed by atoms with Gasteiger partial charge < -0.3 is 0 Å². The molecular formula is C28H24O2. The summed E-state index contributed by atoms with van der Waals surface area (Å²) in [4.78, 5) is 24.1. The van der Waals surface area contributed by atoms with Crippen LogP contribution in [0.3, 0.4) is 0 Å². The zero-order valence-corrected chi connectivity index (χ0v) is 17.2. The number of rotatable bonds is 4. The van der Waals surface area contributed by atoms with Gasteiger partial charge in [0, 0.05) is 22.3 Å². The van der Waals surface area contributed by atoms with Gasteiger partial charge in [-0.05, 0) is 25.0 Å². The molecule has 0 aliphatic carbocycles. The molecule has 0 heterocycles. The van der Waals surface area contributed by atoms with E-state index in [1.165, 1.54) is 0 Å². The molecule has 4 rings (SSSR count). The highest BCUT2D eigenvalue weighted by Crippen LogP contribution is 2.17. The van der Waals surface area contributed by atoms with Gasteiger partial charge in [0.05, 0.1) is 0 Å². The van der Waals surface area contributed by atoms with Gasteiger partial charge >= 0.3 is 0 Å². The van der Waals surface area contributed by atoms with Crippen molar-refractivity contribution in [2.24, 2.45) is 0 Å². The molecule has 0 aliphatic rings.